The Kier molecular flexibility index (Phi) is 3.33. The van der Waals surface area contributed by atoms with Crippen molar-refractivity contribution in [1.29, 1.82) is 0 Å². The third-order valence-electron chi connectivity index (χ3n) is 2.10. The third kappa shape index (κ3) is 2.34. The van der Waals surface area contributed by atoms with E-state index in [4.69, 9.17) is 0 Å². The molecule has 0 spiro atoms. The van der Waals surface area contributed by atoms with Gasteiger partial charge in [0.1, 0.15) is 14.2 Å². The quantitative estimate of drug-likeness (QED) is 0.612. The lowest BCUT2D eigenvalue weighted by Gasteiger charge is -2.31. The summed E-state index contributed by atoms with van der Waals surface area (Å²) in [5.41, 5.74) is 0. The molecule has 64 valence electrons. The van der Waals surface area contributed by atoms with E-state index in [2.05, 4.69) is 51.5 Å². The summed E-state index contributed by atoms with van der Waals surface area (Å²) in [4.78, 5) is 1.53. The molecule has 0 N–H and O–H groups in total. The Bertz CT molecular complexity index is 234. The monoisotopic (exact) mass is 178 g/mol. The van der Waals surface area contributed by atoms with Crippen LogP contribution in [0.3, 0.4) is 0 Å². The van der Waals surface area contributed by atoms with Gasteiger partial charge in [0.25, 0.3) is 0 Å². The molecule has 1 rings (SSSR count). The van der Waals surface area contributed by atoms with Crippen molar-refractivity contribution in [2.24, 2.45) is 0 Å². The van der Waals surface area contributed by atoms with Gasteiger partial charge in [-0.3, -0.25) is 9.73 Å². The van der Waals surface area contributed by atoms with Crippen molar-refractivity contribution in [2.75, 3.05) is 5.75 Å². The molecule has 0 saturated carbocycles. The lowest BCUT2D eigenvalue weighted by atomic mass is 10.4. The summed E-state index contributed by atoms with van der Waals surface area (Å²) in [7, 11) is 4.28. The van der Waals surface area contributed by atoms with E-state index in [-0.39, 0.29) is 0 Å². The highest BCUT2D eigenvalue weighted by Crippen LogP contribution is 2.46. The van der Waals surface area contributed by atoms with E-state index in [9.17, 15) is 0 Å². The standard InChI is InChI=1S/C9H16B2S/c1-2-8-12(10,11)9-6-4-3-5-7-9/h3-7H,2,8,10-11H2,1H3. The number of rotatable bonds is 3. The molecule has 0 bridgehead atoms. The maximum absolute atomic E-state index is 2.39. The molecule has 3 heteroatoms. The van der Waals surface area contributed by atoms with Gasteiger partial charge in [-0.1, -0.05) is 37.3 Å². The van der Waals surface area contributed by atoms with E-state index in [1.807, 2.05) is 0 Å². The molecule has 12 heavy (non-hydrogen) atoms. The van der Waals surface area contributed by atoms with Gasteiger partial charge in [0, 0.05) is 0 Å². The predicted octanol–water partition coefficient (Wildman–Crippen LogP) is 1.36. The van der Waals surface area contributed by atoms with Crippen LogP contribution >= 0.6 is 9.73 Å². The third-order valence-corrected chi connectivity index (χ3v) is 5.07. The molecule has 0 aromatic heterocycles. The molecule has 0 atom stereocenters. The van der Waals surface area contributed by atoms with Gasteiger partial charge in [-0.05, 0) is 17.1 Å². The van der Waals surface area contributed by atoms with Crippen LogP contribution < -0.4 is 0 Å². The fourth-order valence-electron chi connectivity index (χ4n) is 1.42. The topological polar surface area (TPSA) is 0 Å². The van der Waals surface area contributed by atoms with Crippen molar-refractivity contribution in [2.45, 2.75) is 18.2 Å². The molecule has 0 aliphatic carbocycles. The van der Waals surface area contributed by atoms with Crippen LogP contribution in [-0.2, 0) is 0 Å². The van der Waals surface area contributed by atoms with Crippen LogP contribution in [0.1, 0.15) is 13.3 Å². The van der Waals surface area contributed by atoms with Crippen LogP contribution in [0.15, 0.2) is 35.2 Å². The van der Waals surface area contributed by atoms with E-state index in [1.165, 1.54) is 17.1 Å². The van der Waals surface area contributed by atoms with E-state index in [0.29, 0.717) is 0 Å². The molecule has 0 saturated heterocycles. The molecular formula is C9H16B2S. The van der Waals surface area contributed by atoms with Gasteiger partial charge in [-0.25, -0.2) is 0 Å². The van der Waals surface area contributed by atoms with Crippen LogP contribution in [-0.4, -0.2) is 20.0 Å². The van der Waals surface area contributed by atoms with Gasteiger partial charge in [0.05, 0.1) is 0 Å². The van der Waals surface area contributed by atoms with Crippen molar-refractivity contribution in [3.63, 3.8) is 0 Å². The fourth-order valence-corrected chi connectivity index (χ4v) is 3.57. The molecule has 0 amide bonds. The van der Waals surface area contributed by atoms with E-state index < -0.39 is 9.73 Å². The summed E-state index contributed by atoms with van der Waals surface area (Å²) in [6.07, 6.45) is 1.29. The molecule has 1 aromatic carbocycles. The highest BCUT2D eigenvalue weighted by molar-refractivity contribution is 8.64. The Balaban J connectivity index is 2.82. The number of hydrogen-bond donors (Lipinski definition) is 0. The summed E-state index contributed by atoms with van der Waals surface area (Å²) < 4.78 is 0. The lowest BCUT2D eigenvalue weighted by molar-refractivity contribution is 1.10. The minimum absolute atomic E-state index is 0.510. The molecule has 0 aliphatic rings. The molecule has 0 aliphatic heterocycles. The minimum Gasteiger partial charge on any atom is -0.286 e. The first-order valence-corrected chi connectivity index (χ1v) is 7.05. The van der Waals surface area contributed by atoms with E-state index in [0.717, 1.165) is 0 Å². The van der Waals surface area contributed by atoms with Crippen LogP contribution in [0.25, 0.3) is 0 Å². The average Bonchev–Trinajstić information content (AvgIpc) is 2.06. The van der Waals surface area contributed by atoms with Gasteiger partial charge < -0.3 is 0 Å². The van der Waals surface area contributed by atoms with Crippen molar-refractivity contribution in [1.82, 2.24) is 0 Å². The van der Waals surface area contributed by atoms with Gasteiger partial charge in [0.2, 0.25) is 0 Å². The molecule has 1 aromatic rings. The van der Waals surface area contributed by atoms with Gasteiger partial charge >= 0.3 is 0 Å². The zero-order valence-electron chi connectivity index (χ0n) is 8.21. The first kappa shape index (κ1) is 9.79. The highest BCUT2D eigenvalue weighted by Gasteiger charge is 2.11. The van der Waals surface area contributed by atoms with Crippen LogP contribution in [0.2, 0.25) is 0 Å². The second-order valence-corrected chi connectivity index (χ2v) is 7.51. The summed E-state index contributed by atoms with van der Waals surface area (Å²) in [6.45, 7) is 2.26. The van der Waals surface area contributed by atoms with Crippen LogP contribution in [0.4, 0.5) is 0 Å². The lowest BCUT2D eigenvalue weighted by Crippen LogP contribution is -2.03. The second kappa shape index (κ2) is 4.08. The Morgan fingerprint density at radius 2 is 1.75 bits per heavy atom. The smallest absolute Gasteiger partial charge is 0.147 e. The summed E-state index contributed by atoms with van der Waals surface area (Å²) in [6, 6.07) is 10.9. The molecule has 0 fully saturated rings. The van der Waals surface area contributed by atoms with Crippen LogP contribution in [0.5, 0.6) is 0 Å². The summed E-state index contributed by atoms with van der Waals surface area (Å²) in [5.74, 6) is 1.34. The first-order valence-electron chi connectivity index (χ1n) is 4.43. The van der Waals surface area contributed by atoms with Crippen LogP contribution in [0, 0.1) is 0 Å². The Morgan fingerprint density at radius 1 is 1.17 bits per heavy atom. The Hall–Kier alpha value is -0.300. The SMILES string of the molecule is BS(B)(CCC)c1ccccc1. The van der Waals surface area contributed by atoms with Gasteiger partial charge in [-0.2, -0.15) is 0 Å². The maximum atomic E-state index is 2.39. The largest absolute Gasteiger partial charge is 0.286 e. The van der Waals surface area contributed by atoms with Crippen molar-refractivity contribution < 1.29 is 0 Å². The molecular weight excluding hydrogens is 162 g/mol. The molecule has 0 radical (unpaired) electrons. The van der Waals surface area contributed by atoms with Gasteiger partial charge in [-0.15, -0.1) is 0 Å². The number of benzene rings is 1. The zero-order chi connectivity index (χ0) is 9.03. The number of hydrogen-bond acceptors (Lipinski definition) is 0. The fraction of sp³-hybridized carbons (Fsp3) is 0.333. The van der Waals surface area contributed by atoms with Crippen molar-refractivity contribution in [3.05, 3.63) is 30.3 Å². The Morgan fingerprint density at radius 3 is 2.25 bits per heavy atom. The van der Waals surface area contributed by atoms with Gasteiger partial charge in [0.15, 0.2) is 0 Å². The first-order chi connectivity index (χ1) is 5.67. The Labute approximate surface area is 78.7 Å². The minimum atomic E-state index is -0.510. The average molecular weight is 178 g/mol. The summed E-state index contributed by atoms with van der Waals surface area (Å²) >= 11 is 0. The summed E-state index contributed by atoms with van der Waals surface area (Å²) in [5, 5.41) is 0. The molecule has 0 nitrogen and oxygen atoms in total. The maximum Gasteiger partial charge on any atom is 0.147 e. The van der Waals surface area contributed by atoms with E-state index in [1.54, 1.807) is 0 Å². The zero-order valence-corrected chi connectivity index (χ0v) is 9.03. The van der Waals surface area contributed by atoms with E-state index >= 15 is 0 Å². The van der Waals surface area contributed by atoms with Crippen molar-refractivity contribution >= 4 is 24.0 Å². The predicted molar refractivity (Wildman–Crippen MR) is 64.5 cm³/mol. The second-order valence-electron chi connectivity index (χ2n) is 3.56. The molecule has 0 unspecified atom stereocenters. The molecule has 0 heterocycles. The highest BCUT2D eigenvalue weighted by atomic mass is 32.3. The van der Waals surface area contributed by atoms with Crippen molar-refractivity contribution in [3.8, 4) is 0 Å². The normalized spacial score (nSPS) is 12.8.